The van der Waals surface area contributed by atoms with Crippen LogP contribution in [0.25, 0.3) is 0 Å². The van der Waals surface area contributed by atoms with Crippen molar-refractivity contribution >= 4 is 64.7 Å². The maximum absolute atomic E-state index is 6.00. The van der Waals surface area contributed by atoms with Gasteiger partial charge in [-0.05, 0) is 19.1 Å². The summed E-state index contributed by atoms with van der Waals surface area (Å²) in [6.07, 6.45) is 0. The number of rotatable bonds is 7. The number of hydrogen-bond donors (Lipinski definition) is 2. The molecule has 5 nitrogen and oxygen atoms in total. The summed E-state index contributed by atoms with van der Waals surface area (Å²) in [4.78, 5) is 4.13. The molecule has 0 saturated carbocycles. The van der Waals surface area contributed by atoms with E-state index in [9.17, 15) is 0 Å². The van der Waals surface area contributed by atoms with Crippen molar-refractivity contribution in [3.63, 3.8) is 0 Å². The largest absolute Gasteiger partial charge is 0.489 e. The van der Waals surface area contributed by atoms with Crippen LogP contribution < -0.4 is 15.8 Å². The third-order valence-electron chi connectivity index (χ3n) is 2.39. The van der Waals surface area contributed by atoms with Gasteiger partial charge in [-0.25, -0.2) is 4.99 Å². The zero-order valence-corrected chi connectivity index (χ0v) is 16.8. The monoisotopic (exact) mass is 481 g/mol. The van der Waals surface area contributed by atoms with Crippen molar-refractivity contribution in [3.05, 3.63) is 27.2 Å². The van der Waals surface area contributed by atoms with Crippen LogP contribution in [0.2, 0.25) is 15.1 Å². The lowest BCUT2D eigenvalue weighted by Gasteiger charge is -2.13. The minimum atomic E-state index is 0. The first-order valence-corrected chi connectivity index (χ1v) is 7.40. The van der Waals surface area contributed by atoms with Crippen molar-refractivity contribution < 1.29 is 9.47 Å². The molecular formula is C13H19Cl3IN3O2. The highest BCUT2D eigenvalue weighted by Gasteiger charge is 2.09. The molecule has 0 bridgehead atoms. The SMILES string of the molecule is COCC(C)NC(N)=NCCOc1c(Cl)cc(Cl)cc1Cl.I. The highest BCUT2D eigenvalue weighted by Crippen LogP contribution is 2.35. The summed E-state index contributed by atoms with van der Waals surface area (Å²) in [5.41, 5.74) is 5.72. The van der Waals surface area contributed by atoms with Gasteiger partial charge >= 0.3 is 0 Å². The fourth-order valence-electron chi connectivity index (χ4n) is 1.57. The van der Waals surface area contributed by atoms with Crippen LogP contribution in [0.15, 0.2) is 17.1 Å². The smallest absolute Gasteiger partial charge is 0.188 e. The fourth-order valence-corrected chi connectivity index (χ4v) is 2.50. The molecule has 0 spiro atoms. The second-order valence-electron chi connectivity index (χ2n) is 4.31. The Morgan fingerprint density at radius 1 is 1.32 bits per heavy atom. The minimum absolute atomic E-state index is 0. The number of aliphatic imine (C=N–C) groups is 1. The Morgan fingerprint density at radius 2 is 1.91 bits per heavy atom. The van der Waals surface area contributed by atoms with E-state index in [2.05, 4.69) is 10.3 Å². The maximum atomic E-state index is 6.00. The normalized spacial score (nSPS) is 12.5. The van der Waals surface area contributed by atoms with Gasteiger partial charge < -0.3 is 20.5 Å². The molecule has 9 heteroatoms. The van der Waals surface area contributed by atoms with E-state index in [0.29, 0.717) is 46.5 Å². The molecule has 0 fully saturated rings. The lowest BCUT2D eigenvalue weighted by Crippen LogP contribution is -2.40. The van der Waals surface area contributed by atoms with Crippen LogP contribution in [0.3, 0.4) is 0 Å². The Morgan fingerprint density at radius 3 is 2.45 bits per heavy atom. The third-order valence-corrected chi connectivity index (χ3v) is 3.17. The second-order valence-corrected chi connectivity index (χ2v) is 5.57. The van der Waals surface area contributed by atoms with Crippen LogP contribution in [0, 0.1) is 0 Å². The van der Waals surface area contributed by atoms with E-state index in [0.717, 1.165) is 0 Å². The molecule has 0 amide bonds. The predicted molar refractivity (Wildman–Crippen MR) is 103 cm³/mol. The van der Waals surface area contributed by atoms with Crippen molar-refractivity contribution in [3.8, 4) is 5.75 Å². The minimum Gasteiger partial charge on any atom is -0.489 e. The van der Waals surface area contributed by atoms with E-state index in [1.807, 2.05) is 6.92 Å². The second kappa shape index (κ2) is 11.4. The molecule has 22 heavy (non-hydrogen) atoms. The Balaban J connectivity index is 0.00000441. The molecule has 1 atom stereocenters. The quantitative estimate of drug-likeness (QED) is 0.270. The number of nitrogens with zero attached hydrogens (tertiary/aromatic N) is 1. The molecule has 126 valence electrons. The van der Waals surface area contributed by atoms with Gasteiger partial charge in [0, 0.05) is 18.2 Å². The number of nitrogens with two attached hydrogens (primary N) is 1. The Kier molecular flexibility index (Phi) is 11.3. The van der Waals surface area contributed by atoms with E-state index in [-0.39, 0.29) is 30.0 Å². The summed E-state index contributed by atoms with van der Waals surface area (Å²) in [5, 5.41) is 4.16. The molecule has 0 radical (unpaired) electrons. The Hall–Kier alpha value is -0.150. The van der Waals surface area contributed by atoms with Gasteiger partial charge in [0.2, 0.25) is 0 Å². The number of ether oxygens (including phenoxy) is 2. The number of benzene rings is 1. The highest BCUT2D eigenvalue weighted by atomic mass is 127. The van der Waals surface area contributed by atoms with E-state index in [1.165, 1.54) is 0 Å². The van der Waals surface area contributed by atoms with Gasteiger partial charge in [-0.15, -0.1) is 24.0 Å². The van der Waals surface area contributed by atoms with E-state index >= 15 is 0 Å². The summed E-state index contributed by atoms with van der Waals surface area (Å²) in [6.45, 7) is 3.15. The van der Waals surface area contributed by atoms with Gasteiger partial charge in [0.1, 0.15) is 6.61 Å². The molecule has 1 unspecified atom stereocenters. The molecule has 0 saturated heterocycles. The molecule has 1 aromatic carbocycles. The first-order valence-electron chi connectivity index (χ1n) is 6.26. The van der Waals surface area contributed by atoms with Gasteiger partial charge in [0.25, 0.3) is 0 Å². The molecule has 3 N–H and O–H groups in total. The zero-order chi connectivity index (χ0) is 15.8. The first kappa shape index (κ1) is 21.9. The van der Waals surface area contributed by atoms with Crippen LogP contribution in [0.1, 0.15) is 6.92 Å². The molecule has 0 aromatic heterocycles. The average Bonchev–Trinajstić information content (AvgIpc) is 2.36. The van der Waals surface area contributed by atoms with Crippen LogP contribution in [-0.2, 0) is 4.74 Å². The lowest BCUT2D eigenvalue weighted by atomic mass is 10.3. The number of hydrogen-bond acceptors (Lipinski definition) is 3. The van der Waals surface area contributed by atoms with Crippen molar-refractivity contribution in [2.75, 3.05) is 26.9 Å². The lowest BCUT2D eigenvalue weighted by molar-refractivity contribution is 0.179. The van der Waals surface area contributed by atoms with E-state index in [1.54, 1.807) is 19.2 Å². The molecule has 0 aliphatic rings. The van der Waals surface area contributed by atoms with E-state index in [4.69, 9.17) is 50.0 Å². The predicted octanol–water partition coefficient (Wildman–Crippen LogP) is 3.58. The summed E-state index contributed by atoms with van der Waals surface area (Å²) in [6, 6.07) is 3.21. The highest BCUT2D eigenvalue weighted by molar-refractivity contribution is 14.0. The Labute approximate surface area is 162 Å². The van der Waals surface area contributed by atoms with Gasteiger partial charge in [0.15, 0.2) is 11.7 Å². The summed E-state index contributed by atoms with van der Waals surface area (Å²) in [5.74, 6) is 0.716. The van der Waals surface area contributed by atoms with Gasteiger partial charge in [-0.1, -0.05) is 34.8 Å². The fraction of sp³-hybridized carbons (Fsp3) is 0.462. The molecular weight excluding hydrogens is 463 g/mol. The van der Waals surface area contributed by atoms with Crippen molar-refractivity contribution in [2.45, 2.75) is 13.0 Å². The van der Waals surface area contributed by atoms with E-state index < -0.39 is 0 Å². The summed E-state index contributed by atoms with van der Waals surface area (Å²) >= 11 is 17.8. The average molecular weight is 483 g/mol. The summed E-state index contributed by atoms with van der Waals surface area (Å²) in [7, 11) is 1.62. The number of guanidine groups is 1. The van der Waals surface area contributed by atoms with Crippen molar-refractivity contribution in [1.82, 2.24) is 5.32 Å². The molecule has 0 aliphatic heterocycles. The van der Waals surface area contributed by atoms with Crippen LogP contribution >= 0.6 is 58.8 Å². The van der Waals surface area contributed by atoms with Crippen LogP contribution in [0.4, 0.5) is 0 Å². The first-order chi connectivity index (χ1) is 9.93. The van der Waals surface area contributed by atoms with Gasteiger partial charge in [-0.3, -0.25) is 0 Å². The topological polar surface area (TPSA) is 68.9 Å². The van der Waals surface area contributed by atoms with Crippen molar-refractivity contribution in [2.24, 2.45) is 10.7 Å². The molecule has 0 aliphatic carbocycles. The van der Waals surface area contributed by atoms with Gasteiger partial charge in [-0.2, -0.15) is 0 Å². The Bertz CT molecular complexity index is 480. The number of nitrogens with one attached hydrogen (secondary N) is 1. The number of halogens is 4. The maximum Gasteiger partial charge on any atom is 0.188 e. The zero-order valence-electron chi connectivity index (χ0n) is 12.2. The molecule has 1 rings (SSSR count). The summed E-state index contributed by atoms with van der Waals surface area (Å²) < 4.78 is 10.5. The van der Waals surface area contributed by atoms with Gasteiger partial charge in [0.05, 0.1) is 23.2 Å². The number of methoxy groups -OCH3 is 1. The van der Waals surface area contributed by atoms with Crippen LogP contribution in [0.5, 0.6) is 5.75 Å². The van der Waals surface area contributed by atoms with Crippen LogP contribution in [-0.4, -0.2) is 38.9 Å². The molecule has 0 heterocycles. The standard InChI is InChI=1S/C13H18Cl3N3O2.HI/c1-8(7-20-2)19-13(17)18-3-4-21-12-10(15)5-9(14)6-11(12)16;/h5-6,8H,3-4,7H2,1-2H3,(H3,17,18,19);1H. The molecule has 1 aromatic rings. The third kappa shape index (κ3) is 7.92. The van der Waals surface area contributed by atoms with Crippen molar-refractivity contribution in [1.29, 1.82) is 0 Å².